The van der Waals surface area contributed by atoms with Crippen LogP contribution < -0.4 is 5.32 Å². The molecule has 0 fully saturated rings. The zero-order chi connectivity index (χ0) is 15.9. The van der Waals surface area contributed by atoms with Crippen molar-refractivity contribution in [1.29, 1.82) is 0 Å². The molecule has 4 nitrogen and oxygen atoms in total. The van der Waals surface area contributed by atoms with Crippen LogP contribution in [0.25, 0.3) is 0 Å². The Bertz CT molecular complexity index is 615. The number of hydrogen-bond donors (Lipinski definition) is 1. The standard InChI is InChI=1S/C18H24N2O2/c1-4-20(5-2)13-16-9-7-6-8-15(16)12-19-18(21)17-14(3)10-11-22-17/h6-11H,4-5,12-13H2,1-3H3,(H,19,21). The molecule has 0 aliphatic rings. The van der Waals surface area contributed by atoms with Gasteiger partial charge in [0.1, 0.15) is 0 Å². The van der Waals surface area contributed by atoms with Crippen LogP contribution in [0.2, 0.25) is 0 Å². The van der Waals surface area contributed by atoms with Crippen molar-refractivity contribution in [3.8, 4) is 0 Å². The Morgan fingerprint density at radius 3 is 2.41 bits per heavy atom. The van der Waals surface area contributed by atoms with Gasteiger partial charge in [0.25, 0.3) is 5.91 Å². The lowest BCUT2D eigenvalue weighted by atomic mass is 10.1. The maximum absolute atomic E-state index is 12.1. The monoisotopic (exact) mass is 300 g/mol. The predicted molar refractivity (Wildman–Crippen MR) is 87.7 cm³/mol. The highest BCUT2D eigenvalue weighted by atomic mass is 16.3. The zero-order valence-corrected chi connectivity index (χ0v) is 13.6. The molecule has 0 aliphatic heterocycles. The van der Waals surface area contributed by atoms with Gasteiger partial charge in [0, 0.05) is 18.7 Å². The van der Waals surface area contributed by atoms with Gasteiger partial charge in [-0.25, -0.2) is 0 Å². The molecular formula is C18H24N2O2. The molecular weight excluding hydrogens is 276 g/mol. The molecule has 1 aromatic carbocycles. The van der Waals surface area contributed by atoms with Crippen molar-refractivity contribution in [2.24, 2.45) is 0 Å². The van der Waals surface area contributed by atoms with Gasteiger partial charge in [-0.2, -0.15) is 0 Å². The summed E-state index contributed by atoms with van der Waals surface area (Å²) in [4.78, 5) is 14.5. The van der Waals surface area contributed by atoms with Crippen molar-refractivity contribution >= 4 is 5.91 Å². The zero-order valence-electron chi connectivity index (χ0n) is 13.6. The number of benzene rings is 1. The van der Waals surface area contributed by atoms with E-state index in [4.69, 9.17) is 4.42 Å². The van der Waals surface area contributed by atoms with Gasteiger partial charge < -0.3 is 9.73 Å². The highest BCUT2D eigenvalue weighted by Gasteiger charge is 2.13. The topological polar surface area (TPSA) is 45.5 Å². The molecule has 22 heavy (non-hydrogen) atoms. The normalized spacial score (nSPS) is 10.9. The Balaban J connectivity index is 2.04. The maximum atomic E-state index is 12.1. The molecule has 0 atom stereocenters. The van der Waals surface area contributed by atoms with Gasteiger partial charge in [0.15, 0.2) is 5.76 Å². The fourth-order valence-electron chi connectivity index (χ4n) is 2.43. The Hall–Kier alpha value is -2.07. The van der Waals surface area contributed by atoms with Crippen molar-refractivity contribution in [2.75, 3.05) is 13.1 Å². The van der Waals surface area contributed by atoms with Crippen LogP contribution in [0.1, 0.15) is 41.1 Å². The van der Waals surface area contributed by atoms with Crippen molar-refractivity contribution in [1.82, 2.24) is 10.2 Å². The number of hydrogen-bond acceptors (Lipinski definition) is 3. The number of nitrogens with zero attached hydrogens (tertiary/aromatic N) is 1. The Labute approximate surface area is 132 Å². The van der Waals surface area contributed by atoms with Gasteiger partial charge in [-0.1, -0.05) is 38.1 Å². The first-order valence-electron chi connectivity index (χ1n) is 7.77. The fourth-order valence-corrected chi connectivity index (χ4v) is 2.43. The Kier molecular flexibility index (Phi) is 5.78. The van der Waals surface area contributed by atoms with E-state index < -0.39 is 0 Å². The van der Waals surface area contributed by atoms with Crippen molar-refractivity contribution < 1.29 is 9.21 Å². The van der Waals surface area contributed by atoms with E-state index in [2.05, 4.69) is 36.2 Å². The summed E-state index contributed by atoms with van der Waals surface area (Å²) in [6, 6.07) is 10.0. The van der Waals surface area contributed by atoms with Crippen LogP contribution in [-0.4, -0.2) is 23.9 Å². The van der Waals surface area contributed by atoms with Crippen molar-refractivity contribution in [3.63, 3.8) is 0 Å². The average molecular weight is 300 g/mol. The van der Waals surface area contributed by atoms with Crippen molar-refractivity contribution in [2.45, 2.75) is 33.9 Å². The molecule has 4 heteroatoms. The summed E-state index contributed by atoms with van der Waals surface area (Å²) in [7, 11) is 0. The van der Waals surface area contributed by atoms with Crippen LogP contribution in [0.4, 0.5) is 0 Å². The summed E-state index contributed by atoms with van der Waals surface area (Å²) < 4.78 is 5.22. The summed E-state index contributed by atoms with van der Waals surface area (Å²) >= 11 is 0. The molecule has 0 aliphatic carbocycles. The third-order valence-corrected chi connectivity index (χ3v) is 3.91. The van der Waals surface area contributed by atoms with Crippen LogP contribution in [0, 0.1) is 6.92 Å². The van der Waals surface area contributed by atoms with E-state index in [9.17, 15) is 4.79 Å². The minimum Gasteiger partial charge on any atom is -0.459 e. The van der Waals surface area contributed by atoms with E-state index in [0.717, 1.165) is 30.8 Å². The number of amides is 1. The molecule has 118 valence electrons. The summed E-state index contributed by atoms with van der Waals surface area (Å²) in [5.41, 5.74) is 3.25. The minimum atomic E-state index is -0.167. The SMILES string of the molecule is CCN(CC)Cc1ccccc1CNC(=O)c1occc1C. The average Bonchev–Trinajstić information content (AvgIpc) is 2.97. The molecule has 0 saturated carbocycles. The minimum absolute atomic E-state index is 0.167. The second-order valence-corrected chi connectivity index (χ2v) is 5.35. The van der Waals surface area contributed by atoms with Crippen LogP contribution in [0.5, 0.6) is 0 Å². The van der Waals surface area contributed by atoms with E-state index in [1.807, 2.05) is 19.1 Å². The summed E-state index contributed by atoms with van der Waals surface area (Å²) in [5.74, 6) is 0.223. The Morgan fingerprint density at radius 2 is 1.82 bits per heavy atom. The third kappa shape index (κ3) is 3.98. The van der Waals surface area contributed by atoms with Gasteiger partial charge in [-0.05, 0) is 37.2 Å². The second kappa shape index (κ2) is 7.80. The van der Waals surface area contributed by atoms with Crippen LogP contribution in [0.3, 0.4) is 0 Å². The highest BCUT2D eigenvalue weighted by molar-refractivity contribution is 5.92. The number of furan rings is 1. The molecule has 1 amide bonds. The molecule has 2 aromatic rings. The number of rotatable bonds is 7. The largest absolute Gasteiger partial charge is 0.459 e. The molecule has 0 saturated heterocycles. The second-order valence-electron chi connectivity index (χ2n) is 5.35. The molecule has 1 N–H and O–H groups in total. The lowest BCUT2D eigenvalue weighted by Gasteiger charge is -2.20. The number of carbonyl (C=O) groups is 1. The quantitative estimate of drug-likeness (QED) is 0.853. The Morgan fingerprint density at radius 1 is 1.14 bits per heavy atom. The first-order chi connectivity index (χ1) is 10.7. The van der Waals surface area contributed by atoms with Crippen LogP contribution in [-0.2, 0) is 13.1 Å². The molecule has 2 rings (SSSR count). The molecule has 0 spiro atoms. The molecule has 0 radical (unpaired) electrons. The fraction of sp³-hybridized carbons (Fsp3) is 0.389. The predicted octanol–water partition coefficient (Wildman–Crippen LogP) is 3.36. The molecule has 0 bridgehead atoms. The summed E-state index contributed by atoms with van der Waals surface area (Å²) in [6.45, 7) is 9.63. The molecule has 1 aromatic heterocycles. The van der Waals surface area contributed by atoms with Crippen LogP contribution >= 0.6 is 0 Å². The number of aryl methyl sites for hydroxylation is 1. The third-order valence-electron chi connectivity index (χ3n) is 3.91. The smallest absolute Gasteiger partial charge is 0.287 e. The lowest BCUT2D eigenvalue weighted by Crippen LogP contribution is -2.26. The van der Waals surface area contributed by atoms with E-state index >= 15 is 0 Å². The van der Waals surface area contributed by atoms with Gasteiger partial charge in [0.05, 0.1) is 6.26 Å². The summed E-state index contributed by atoms with van der Waals surface area (Å²) in [6.07, 6.45) is 1.54. The first kappa shape index (κ1) is 16.3. The van der Waals surface area contributed by atoms with E-state index in [1.54, 1.807) is 12.3 Å². The number of nitrogens with one attached hydrogen (secondary N) is 1. The van der Waals surface area contributed by atoms with E-state index in [-0.39, 0.29) is 5.91 Å². The lowest BCUT2D eigenvalue weighted by molar-refractivity contribution is 0.0922. The first-order valence-corrected chi connectivity index (χ1v) is 7.77. The van der Waals surface area contributed by atoms with Gasteiger partial charge in [0.2, 0.25) is 0 Å². The maximum Gasteiger partial charge on any atom is 0.287 e. The molecule has 0 unspecified atom stereocenters. The van der Waals surface area contributed by atoms with Gasteiger partial charge in [-0.3, -0.25) is 9.69 Å². The van der Waals surface area contributed by atoms with E-state index in [0.29, 0.717) is 12.3 Å². The highest BCUT2D eigenvalue weighted by Crippen LogP contribution is 2.13. The van der Waals surface area contributed by atoms with Crippen molar-refractivity contribution in [3.05, 3.63) is 59.0 Å². The number of carbonyl (C=O) groups excluding carboxylic acids is 1. The summed E-state index contributed by atoms with van der Waals surface area (Å²) in [5, 5.41) is 2.94. The van der Waals surface area contributed by atoms with Crippen LogP contribution in [0.15, 0.2) is 41.0 Å². The molecule has 1 heterocycles. The van der Waals surface area contributed by atoms with E-state index in [1.165, 1.54) is 5.56 Å². The van der Waals surface area contributed by atoms with Gasteiger partial charge in [-0.15, -0.1) is 0 Å². The van der Waals surface area contributed by atoms with Gasteiger partial charge >= 0.3 is 0 Å².